The average Bonchev–Trinajstić information content (AvgIpc) is 2.47. The smallest absolute Gasteiger partial charge is 0.258 e. The van der Waals surface area contributed by atoms with Crippen LogP contribution in [0.5, 0.6) is 0 Å². The number of benzene rings is 1. The van der Waals surface area contributed by atoms with Crippen LogP contribution < -0.4 is 0 Å². The number of hydrogen-bond donors (Lipinski definition) is 0. The molecule has 21 heavy (non-hydrogen) atoms. The minimum Gasteiger partial charge on any atom is -0.258 e. The van der Waals surface area contributed by atoms with Gasteiger partial charge in [-0.3, -0.25) is 10.1 Å². The van der Waals surface area contributed by atoms with Gasteiger partial charge in [-0.2, -0.15) is 5.26 Å². The van der Waals surface area contributed by atoms with E-state index in [2.05, 4.69) is 19.9 Å². The Kier molecular flexibility index (Phi) is 4.32. The van der Waals surface area contributed by atoms with E-state index in [9.17, 15) is 15.4 Å². The predicted octanol–water partition coefficient (Wildman–Crippen LogP) is 4.64. The summed E-state index contributed by atoms with van der Waals surface area (Å²) in [6.45, 7) is 4.49. The van der Waals surface area contributed by atoms with Crippen molar-refractivity contribution in [1.29, 1.82) is 5.26 Å². The van der Waals surface area contributed by atoms with Gasteiger partial charge in [0.15, 0.2) is 0 Å². The van der Waals surface area contributed by atoms with Gasteiger partial charge in [-0.1, -0.05) is 32.0 Å². The second-order valence-electron chi connectivity index (χ2n) is 6.94. The molecule has 4 heteroatoms. The van der Waals surface area contributed by atoms with E-state index in [1.54, 1.807) is 18.2 Å². The highest BCUT2D eigenvalue weighted by molar-refractivity contribution is 5.40. The number of nitriles is 1. The lowest BCUT2D eigenvalue weighted by Crippen LogP contribution is -2.30. The fraction of sp³-hybridized carbons (Fsp3) is 0.588. The molecule has 4 nitrogen and oxygen atoms in total. The largest absolute Gasteiger partial charge is 0.272 e. The molecule has 112 valence electrons. The molecule has 0 heterocycles. The summed E-state index contributed by atoms with van der Waals surface area (Å²) < 4.78 is 0. The number of nitro benzene ring substituents is 1. The molecule has 1 aromatic rings. The molecule has 1 saturated carbocycles. The first-order valence-electron chi connectivity index (χ1n) is 7.51. The van der Waals surface area contributed by atoms with Crippen LogP contribution in [0.4, 0.5) is 5.69 Å². The molecule has 0 saturated heterocycles. The molecule has 0 radical (unpaired) electrons. The minimum atomic E-state index is -0.335. The summed E-state index contributed by atoms with van der Waals surface area (Å²) in [7, 11) is 0. The van der Waals surface area contributed by atoms with Gasteiger partial charge in [-0.05, 0) is 43.9 Å². The molecular formula is C17H22N2O2. The third-order valence-corrected chi connectivity index (χ3v) is 4.86. The van der Waals surface area contributed by atoms with Crippen LogP contribution in [-0.2, 0) is 6.42 Å². The highest BCUT2D eigenvalue weighted by atomic mass is 16.6. The van der Waals surface area contributed by atoms with Crippen molar-refractivity contribution in [3.8, 4) is 6.07 Å². The topological polar surface area (TPSA) is 66.9 Å². The second-order valence-corrected chi connectivity index (χ2v) is 6.94. The van der Waals surface area contributed by atoms with Crippen LogP contribution in [-0.4, -0.2) is 4.92 Å². The molecular weight excluding hydrogens is 264 g/mol. The van der Waals surface area contributed by atoms with E-state index in [0.717, 1.165) is 31.2 Å². The summed E-state index contributed by atoms with van der Waals surface area (Å²) in [5, 5.41) is 20.6. The predicted molar refractivity (Wildman–Crippen MR) is 81.7 cm³/mol. The SMILES string of the molecule is CC1(C)CCC(C#N)(CCc2ccccc2[N+](=O)[O-])CC1. The van der Waals surface area contributed by atoms with E-state index in [4.69, 9.17) is 0 Å². The highest BCUT2D eigenvalue weighted by Crippen LogP contribution is 2.47. The third-order valence-electron chi connectivity index (χ3n) is 4.86. The molecule has 0 N–H and O–H groups in total. The van der Waals surface area contributed by atoms with Crippen molar-refractivity contribution in [2.75, 3.05) is 0 Å². The van der Waals surface area contributed by atoms with Crippen molar-refractivity contribution in [3.05, 3.63) is 39.9 Å². The Balaban J connectivity index is 2.09. The molecule has 1 aliphatic carbocycles. The Morgan fingerprint density at radius 2 is 1.86 bits per heavy atom. The minimum absolute atomic E-state index is 0.168. The van der Waals surface area contributed by atoms with Gasteiger partial charge in [0, 0.05) is 11.6 Å². The van der Waals surface area contributed by atoms with Gasteiger partial charge in [0.2, 0.25) is 0 Å². The van der Waals surface area contributed by atoms with Crippen LogP contribution >= 0.6 is 0 Å². The summed E-state index contributed by atoms with van der Waals surface area (Å²) in [6.07, 6.45) is 5.22. The van der Waals surface area contributed by atoms with Crippen LogP contribution in [0.3, 0.4) is 0 Å². The van der Waals surface area contributed by atoms with Gasteiger partial charge in [0.25, 0.3) is 5.69 Å². The Morgan fingerprint density at radius 1 is 1.24 bits per heavy atom. The standard InChI is InChI=1S/C17H22N2O2/c1-16(2)9-11-17(13-18,12-10-16)8-7-14-5-3-4-6-15(14)19(20)21/h3-6H,7-12H2,1-2H3. The Bertz CT molecular complexity index is 562. The molecule has 0 aromatic heterocycles. The Labute approximate surface area is 125 Å². The maximum atomic E-state index is 11.0. The van der Waals surface area contributed by atoms with Crippen LogP contribution in [0.15, 0.2) is 24.3 Å². The normalized spacial score (nSPS) is 19.7. The van der Waals surface area contributed by atoms with Gasteiger partial charge in [0.05, 0.1) is 16.4 Å². The molecule has 0 amide bonds. The van der Waals surface area contributed by atoms with Crippen molar-refractivity contribution in [2.24, 2.45) is 10.8 Å². The lowest BCUT2D eigenvalue weighted by molar-refractivity contribution is -0.385. The summed E-state index contributed by atoms with van der Waals surface area (Å²) >= 11 is 0. The number of para-hydroxylation sites is 1. The summed E-state index contributed by atoms with van der Waals surface area (Å²) in [4.78, 5) is 10.7. The second kappa shape index (κ2) is 5.85. The van der Waals surface area contributed by atoms with E-state index in [0.29, 0.717) is 18.3 Å². The van der Waals surface area contributed by atoms with Gasteiger partial charge < -0.3 is 0 Å². The van der Waals surface area contributed by atoms with Gasteiger partial charge in [0.1, 0.15) is 0 Å². The van der Waals surface area contributed by atoms with Crippen LogP contribution in [0.2, 0.25) is 0 Å². The lowest BCUT2D eigenvalue weighted by atomic mass is 9.64. The molecule has 1 aliphatic rings. The quantitative estimate of drug-likeness (QED) is 0.598. The van der Waals surface area contributed by atoms with Crippen molar-refractivity contribution in [2.45, 2.75) is 52.4 Å². The number of nitro groups is 1. The van der Waals surface area contributed by atoms with E-state index in [1.807, 2.05) is 6.07 Å². The van der Waals surface area contributed by atoms with Crippen molar-refractivity contribution in [3.63, 3.8) is 0 Å². The zero-order valence-corrected chi connectivity index (χ0v) is 12.8. The first-order chi connectivity index (χ1) is 9.87. The third kappa shape index (κ3) is 3.60. The first kappa shape index (κ1) is 15.5. The molecule has 1 fully saturated rings. The van der Waals surface area contributed by atoms with E-state index in [-0.39, 0.29) is 16.0 Å². The molecule has 0 aliphatic heterocycles. The van der Waals surface area contributed by atoms with Crippen molar-refractivity contribution < 1.29 is 4.92 Å². The molecule has 1 aromatic carbocycles. The van der Waals surface area contributed by atoms with Gasteiger partial charge >= 0.3 is 0 Å². The first-order valence-corrected chi connectivity index (χ1v) is 7.51. The summed E-state index contributed by atoms with van der Waals surface area (Å²) in [5.74, 6) is 0. The fourth-order valence-electron chi connectivity index (χ4n) is 3.10. The Hall–Kier alpha value is -1.89. The Morgan fingerprint density at radius 3 is 2.43 bits per heavy atom. The number of rotatable bonds is 4. The maximum Gasteiger partial charge on any atom is 0.272 e. The summed E-state index contributed by atoms with van der Waals surface area (Å²) in [6, 6.07) is 9.36. The highest BCUT2D eigenvalue weighted by Gasteiger charge is 2.38. The molecule has 0 unspecified atom stereocenters. The average molecular weight is 286 g/mol. The maximum absolute atomic E-state index is 11.0. The molecule has 0 atom stereocenters. The van der Waals surface area contributed by atoms with Crippen LogP contribution in [0.1, 0.15) is 51.5 Å². The molecule has 0 spiro atoms. The van der Waals surface area contributed by atoms with E-state index in [1.165, 1.54) is 0 Å². The van der Waals surface area contributed by atoms with Gasteiger partial charge in [-0.15, -0.1) is 0 Å². The zero-order chi connectivity index (χ0) is 15.5. The van der Waals surface area contributed by atoms with Crippen molar-refractivity contribution >= 4 is 5.69 Å². The number of aryl methyl sites for hydroxylation is 1. The molecule has 0 bridgehead atoms. The number of nitrogens with zero attached hydrogens (tertiary/aromatic N) is 2. The van der Waals surface area contributed by atoms with Gasteiger partial charge in [-0.25, -0.2) is 0 Å². The lowest BCUT2D eigenvalue weighted by Gasteiger charge is -2.39. The van der Waals surface area contributed by atoms with Crippen LogP contribution in [0, 0.1) is 32.3 Å². The van der Waals surface area contributed by atoms with Crippen molar-refractivity contribution in [1.82, 2.24) is 0 Å². The fourth-order valence-corrected chi connectivity index (χ4v) is 3.10. The van der Waals surface area contributed by atoms with E-state index < -0.39 is 0 Å². The van der Waals surface area contributed by atoms with E-state index >= 15 is 0 Å². The zero-order valence-electron chi connectivity index (χ0n) is 12.8. The number of hydrogen-bond acceptors (Lipinski definition) is 3. The van der Waals surface area contributed by atoms with Crippen LogP contribution in [0.25, 0.3) is 0 Å². The monoisotopic (exact) mass is 286 g/mol. The summed E-state index contributed by atoms with van der Waals surface area (Å²) in [5.41, 5.74) is 0.918. The molecule has 2 rings (SSSR count).